The van der Waals surface area contributed by atoms with Gasteiger partial charge in [-0.25, -0.2) is 22.7 Å². The van der Waals surface area contributed by atoms with E-state index in [4.69, 9.17) is 9.47 Å². The lowest BCUT2D eigenvalue weighted by Crippen LogP contribution is -2.15. The van der Waals surface area contributed by atoms with E-state index in [1.807, 2.05) is 30.3 Å². The number of para-hydroxylation sites is 1. The number of hydrogen-bond acceptors (Lipinski definition) is 7. The summed E-state index contributed by atoms with van der Waals surface area (Å²) in [5.41, 5.74) is 1.68. The van der Waals surface area contributed by atoms with Crippen molar-refractivity contribution in [3.8, 4) is 5.75 Å². The molecule has 35 heavy (non-hydrogen) atoms. The van der Waals surface area contributed by atoms with Crippen molar-refractivity contribution in [1.82, 2.24) is 14.6 Å². The van der Waals surface area contributed by atoms with E-state index < -0.39 is 16.0 Å². The van der Waals surface area contributed by atoms with Crippen molar-refractivity contribution in [2.45, 2.75) is 11.5 Å². The third-order valence-corrected chi connectivity index (χ3v) is 6.77. The third-order valence-electron chi connectivity index (χ3n) is 5.39. The smallest absolute Gasteiger partial charge is 0.360 e. The number of ether oxygens (including phenoxy) is 2. The molecule has 1 N–H and O–H groups in total. The highest BCUT2D eigenvalue weighted by atomic mass is 32.2. The SMILES string of the molecule is COC(=O)c1c(OCc2ccccc2)c2ccc(S(=O)(=O)Nc3ccccc3)cc2c2ncnn12. The largest absolute Gasteiger partial charge is 0.486 e. The lowest BCUT2D eigenvalue weighted by Gasteiger charge is -2.16. The normalized spacial score (nSPS) is 11.5. The van der Waals surface area contributed by atoms with E-state index in [9.17, 15) is 13.2 Å². The zero-order valence-electron chi connectivity index (χ0n) is 18.6. The van der Waals surface area contributed by atoms with Crippen molar-refractivity contribution in [1.29, 1.82) is 0 Å². The zero-order valence-corrected chi connectivity index (χ0v) is 19.4. The number of carbonyl (C=O) groups excluding carboxylic acids is 1. The second kappa shape index (κ2) is 9.07. The van der Waals surface area contributed by atoms with E-state index in [1.165, 1.54) is 30.1 Å². The second-order valence-electron chi connectivity index (χ2n) is 7.62. The summed E-state index contributed by atoms with van der Waals surface area (Å²) >= 11 is 0. The fourth-order valence-electron chi connectivity index (χ4n) is 3.76. The van der Waals surface area contributed by atoms with Crippen LogP contribution in [0.2, 0.25) is 0 Å². The number of sulfonamides is 1. The number of fused-ring (bicyclic) bond motifs is 3. The van der Waals surface area contributed by atoms with Crippen molar-refractivity contribution >= 4 is 38.1 Å². The minimum absolute atomic E-state index is 0.0265. The first-order chi connectivity index (χ1) is 17.0. The number of pyridine rings is 1. The highest BCUT2D eigenvalue weighted by Gasteiger charge is 2.25. The summed E-state index contributed by atoms with van der Waals surface area (Å²) in [4.78, 5) is 17.0. The summed E-state index contributed by atoms with van der Waals surface area (Å²) in [6.07, 6.45) is 1.28. The minimum atomic E-state index is -3.90. The fourth-order valence-corrected chi connectivity index (χ4v) is 4.84. The molecule has 0 saturated heterocycles. The predicted octanol–water partition coefficient (Wildman–Crippen LogP) is 4.05. The first-order valence-electron chi connectivity index (χ1n) is 10.6. The average molecular weight is 489 g/mol. The molecule has 0 unspecified atom stereocenters. The molecule has 0 spiro atoms. The Bertz CT molecular complexity index is 1630. The van der Waals surface area contributed by atoms with Gasteiger partial charge in [0.15, 0.2) is 17.1 Å². The monoisotopic (exact) mass is 488 g/mol. The van der Waals surface area contributed by atoms with E-state index in [2.05, 4.69) is 14.8 Å². The van der Waals surface area contributed by atoms with Gasteiger partial charge in [0.1, 0.15) is 12.9 Å². The molecule has 2 heterocycles. The van der Waals surface area contributed by atoms with Crippen molar-refractivity contribution in [3.63, 3.8) is 0 Å². The molecule has 0 bridgehead atoms. The molecule has 0 aliphatic rings. The van der Waals surface area contributed by atoms with Crippen molar-refractivity contribution in [2.24, 2.45) is 0 Å². The quantitative estimate of drug-likeness (QED) is 0.344. The van der Waals surface area contributed by atoms with E-state index in [0.717, 1.165) is 5.56 Å². The van der Waals surface area contributed by atoms with Crippen LogP contribution in [0, 0.1) is 0 Å². The minimum Gasteiger partial charge on any atom is -0.486 e. The maximum absolute atomic E-state index is 13.1. The lowest BCUT2D eigenvalue weighted by molar-refractivity contribution is 0.0585. The van der Waals surface area contributed by atoms with Gasteiger partial charge < -0.3 is 9.47 Å². The summed E-state index contributed by atoms with van der Waals surface area (Å²) in [7, 11) is -2.63. The molecule has 0 radical (unpaired) electrons. The molecule has 5 rings (SSSR count). The van der Waals surface area contributed by atoms with Gasteiger partial charge in [0.05, 0.1) is 12.0 Å². The Morgan fingerprint density at radius 2 is 1.69 bits per heavy atom. The Labute approximate surface area is 201 Å². The molecular formula is C25H20N4O5S. The van der Waals surface area contributed by atoms with Gasteiger partial charge in [-0.3, -0.25) is 4.72 Å². The molecule has 0 saturated carbocycles. The summed E-state index contributed by atoms with van der Waals surface area (Å²) in [6.45, 7) is 0.176. The van der Waals surface area contributed by atoms with Crippen molar-refractivity contribution < 1.29 is 22.7 Å². The Kier molecular flexibility index (Phi) is 5.79. The van der Waals surface area contributed by atoms with Crippen molar-refractivity contribution in [2.75, 3.05) is 11.8 Å². The summed E-state index contributed by atoms with van der Waals surface area (Å²) in [5.74, 6) is -0.443. The van der Waals surface area contributed by atoms with Crippen LogP contribution in [0.15, 0.2) is 90.1 Å². The molecule has 0 fully saturated rings. The van der Waals surface area contributed by atoms with Crippen LogP contribution in [-0.2, 0) is 21.4 Å². The lowest BCUT2D eigenvalue weighted by atomic mass is 10.1. The average Bonchev–Trinajstić information content (AvgIpc) is 3.37. The predicted molar refractivity (Wildman–Crippen MR) is 130 cm³/mol. The van der Waals surface area contributed by atoms with E-state index in [1.54, 1.807) is 36.4 Å². The zero-order chi connectivity index (χ0) is 24.4. The summed E-state index contributed by atoms with van der Waals surface area (Å²) in [5, 5.41) is 5.13. The van der Waals surface area contributed by atoms with E-state index in [-0.39, 0.29) is 22.9 Å². The maximum atomic E-state index is 13.1. The molecule has 9 nitrogen and oxygen atoms in total. The molecule has 0 aliphatic heterocycles. The standard InChI is InChI=1S/C25H20N4O5S/c1-33-25(30)22-23(34-15-17-8-4-2-5-9-17)20-13-12-19(14-21(20)24-26-16-27-29(22)24)35(31,32)28-18-10-6-3-7-11-18/h2-14,16,28H,15H2,1H3. The Morgan fingerprint density at radius 1 is 0.971 bits per heavy atom. The van der Waals surface area contributed by atoms with Crippen molar-refractivity contribution in [3.05, 3.63) is 96.4 Å². The molecule has 0 amide bonds. The van der Waals surface area contributed by atoms with Crippen LogP contribution in [0.5, 0.6) is 5.75 Å². The van der Waals surface area contributed by atoms with E-state index >= 15 is 0 Å². The topological polar surface area (TPSA) is 112 Å². The van der Waals surface area contributed by atoms with Crippen LogP contribution in [-0.4, -0.2) is 36.1 Å². The van der Waals surface area contributed by atoms with E-state index in [0.29, 0.717) is 22.1 Å². The van der Waals surface area contributed by atoms with Gasteiger partial charge in [0.2, 0.25) is 0 Å². The molecule has 0 atom stereocenters. The number of benzene rings is 3. The summed E-state index contributed by atoms with van der Waals surface area (Å²) < 4.78 is 41.1. The number of aromatic nitrogens is 3. The Balaban J connectivity index is 1.67. The van der Waals surface area contributed by atoms with Gasteiger partial charge in [0, 0.05) is 16.5 Å². The number of hydrogen-bond donors (Lipinski definition) is 1. The number of anilines is 1. The highest BCUT2D eigenvalue weighted by molar-refractivity contribution is 7.92. The third kappa shape index (κ3) is 4.26. The maximum Gasteiger partial charge on any atom is 0.360 e. The Morgan fingerprint density at radius 3 is 2.40 bits per heavy atom. The molecule has 3 aromatic carbocycles. The van der Waals surface area contributed by atoms with Crippen LogP contribution < -0.4 is 9.46 Å². The molecule has 0 aliphatic carbocycles. The van der Waals surface area contributed by atoms with Gasteiger partial charge in [-0.05, 0) is 35.9 Å². The molecule has 5 aromatic rings. The number of carbonyl (C=O) groups is 1. The first kappa shape index (κ1) is 22.4. The number of esters is 1. The molecule has 176 valence electrons. The Hall–Kier alpha value is -4.44. The van der Waals surface area contributed by atoms with Crippen LogP contribution >= 0.6 is 0 Å². The van der Waals surface area contributed by atoms with Gasteiger partial charge in [-0.15, -0.1) is 0 Å². The molecular weight excluding hydrogens is 468 g/mol. The van der Waals surface area contributed by atoms with Gasteiger partial charge in [-0.2, -0.15) is 5.10 Å². The van der Waals surface area contributed by atoms with Crippen LogP contribution in [0.1, 0.15) is 16.1 Å². The second-order valence-corrected chi connectivity index (χ2v) is 9.30. The van der Waals surface area contributed by atoms with Gasteiger partial charge in [0.25, 0.3) is 10.0 Å². The number of nitrogens with zero attached hydrogens (tertiary/aromatic N) is 3. The molecule has 10 heteroatoms. The highest BCUT2D eigenvalue weighted by Crippen LogP contribution is 2.35. The van der Waals surface area contributed by atoms with Crippen LogP contribution in [0.25, 0.3) is 16.4 Å². The first-order valence-corrected chi connectivity index (χ1v) is 12.1. The van der Waals surface area contributed by atoms with Crippen LogP contribution in [0.4, 0.5) is 5.69 Å². The number of rotatable bonds is 7. The van der Waals surface area contributed by atoms with Gasteiger partial charge >= 0.3 is 5.97 Å². The van der Waals surface area contributed by atoms with Gasteiger partial charge in [-0.1, -0.05) is 48.5 Å². The fraction of sp³-hybridized carbons (Fsp3) is 0.0800. The number of nitrogens with one attached hydrogen (secondary N) is 1. The molecule has 2 aromatic heterocycles. The van der Waals surface area contributed by atoms with Crippen LogP contribution in [0.3, 0.4) is 0 Å². The number of methoxy groups -OCH3 is 1. The summed E-state index contributed by atoms with van der Waals surface area (Å²) in [6, 6.07) is 22.6.